The molecular formula is C10H18O. The number of rotatable bonds is 3. The summed E-state index contributed by atoms with van der Waals surface area (Å²) in [7, 11) is 0. The van der Waals surface area contributed by atoms with Gasteiger partial charge in [0.15, 0.2) is 0 Å². The van der Waals surface area contributed by atoms with E-state index < -0.39 is 0 Å². The van der Waals surface area contributed by atoms with Crippen molar-refractivity contribution >= 4 is 0 Å². The summed E-state index contributed by atoms with van der Waals surface area (Å²) in [6.07, 6.45) is 7.44. The van der Waals surface area contributed by atoms with Crippen LogP contribution >= 0.6 is 0 Å². The Morgan fingerprint density at radius 1 is 1.18 bits per heavy atom. The van der Waals surface area contributed by atoms with E-state index in [4.69, 9.17) is 0 Å². The first kappa shape index (κ1) is 7.60. The Kier molecular flexibility index (Phi) is 1.71. The van der Waals surface area contributed by atoms with Crippen molar-refractivity contribution in [1.29, 1.82) is 0 Å². The van der Waals surface area contributed by atoms with Gasteiger partial charge in [-0.3, -0.25) is 0 Å². The highest BCUT2D eigenvalue weighted by molar-refractivity contribution is 5.00. The topological polar surface area (TPSA) is 20.2 Å². The maximum absolute atomic E-state index is 10.3. The lowest BCUT2D eigenvalue weighted by atomic mass is 9.69. The minimum Gasteiger partial charge on any atom is -0.389 e. The molecule has 0 heterocycles. The van der Waals surface area contributed by atoms with E-state index in [1.807, 2.05) is 0 Å². The van der Waals surface area contributed by atoms with Crippen molar-refractivity contribution in [3.05, 3.63) is 0 Å². The Labute approximate surface area is 68.8 Å². The molecule has 0 bridgehead atoms. The molecule has 0 amide bonds. The second-order valence-electron chi connectivity index (χ2n) is 4.25. The molecule has 0 saturated heterocycles. The molecule has 0 radical (unpaired) electrons. The highest BCUT2D eigenvalue weighted by Gasteiger charge is 2.49. The zero-order valence-electron chi connectivity index (χ0n) is 7.34. The summed E-state index contributed by atoms with van der Waals surface area (Å²) in [5, 5.41) is 10.3. The lowest BCUT2D eigenvalue weighted by molar-refractivity contribution is -0.0714. The van der Waals surface area contributed by atoms with Gasteiger partial charge in [-0.15, -0.1) is 0 Å². The van der Waals surface area contributed by atoms with Crippen molar-refractivity contribution in [1.82, 2.24) is 0 Å². The van der Waals surface area contributed by atoms with Crippen LogP contribution in [0.1, 0.15) is 45.4 Å². The van der Waals surface area contributed by atoms with Crippen LogP contribution in [-0.4, -0.2) is 10.7 Å². The molecule has 2 aliphatic carbocycles. The molecule has 1 atom stereocenters. The van der Waals surface area contributed by atoms with E-state index in [1.165, 1.54) is 32.1 Å². The smallest absolute Gasteiger partial charge is 0.0701 e. The summed E-state index contributed by atoms with van der Waals surface area (Å²) in [6.45, 7) is 2.14. The Hall–Kier alpha value is -0.0400. The molecule has 11 heavy (non-hydrogen) atoms. The lowest BCUT2D eigenvalue weighted by Gasteiger charge is -2.41. The summed E-state index contributed by atoms with van der Waals surface area (Å²) in [4.78, 5) is 0. The molecule has 0 aromatic carbocycles. The quantitative estimate of drug-likeness (QED) is 0.661. The monoisotopic (exact) mass is 154 g/mol. The van der Waals surface area contributed by atoms with Crippen LogP contribution in [0.25, 0.3) is 0 Å². The fourth-order valence-electron chi connectivity index (χ4n) is 2.40. The van der Waals surface area contributed by atoms with Gasteiger partial charge in [0.1, 0.15) is 0 Å². The molecule has 1 unspecified atom stereocenters. The molecule has 64 valence electrons. The zero-order valence-corrected chi connectivity index (χ0v) is 7.34. The van der Waals surface area contributed by atoms with Crippen molar-refractivity contribution in [2.24, 2.45) is 11.8 Å². The Morgan fingerprint density at radius 3 is 2.00 bits per heavy atom. The van der Waals surface area contributed by atoms with Gasteiger partial charge >= 0.3 is 0 Å². The predicted molar refractivity (Wildman–Crippen MR) is 45.3 cm³/mol. The van der Waals surface area contributed by atoms with E-state index in [0.717, 1.165) is 6.42 Å². The van der Waals surface area contributed by atoms with Crippen LogP contribution in [0.4, 0.5) is 0 Å². The van der Waals surface area contributed by atoms with Gasteiger partial charge in [0, 0.05) is 0 Å². The van der Waals surface area contributed by atoms with Crippen molar-refractivity contribution in [3.63, 3.8) is 0 Å². The van der Waals surface area contributed by atoms with Crippen LogP contribution in [0.3, 0.4) is 0 Å². The van der Waals surface area contributed by atoms with Gasteiger partial charge in [0.25, 0.3) is 0 Å². The van der Waals surface area contributed by atoms with E-state index in [1.54, 1.807) is 0 Å². The largest absolute Gasteiger partial charge is 0.389 e. The lowest BCUT2D eigenvalue weighted by Crippen LogP contribution is -2.43. The molecule has 2 rings (SSSR count). The molecule has 2 saturated carbocycles. The van der Waals surface area contributed by atoms with E-state index in [0.29, 0.717) is 11.8 Å². The second-order valence-corrected chi connectivity index (χ2v) is 4.25. The Morgan fingerprint density at radius 2 is 1.73 bits per heavy atom. The highest BCUT2D eigenvalue weighted by Crippen LogP contribution is 2.51. The Balaban J connectivity index is 2.01. The van der Waals surface area contributed by atoms with Crippen LogP contribution in [0.5, 0.6) is 0 Å². The third-order valence-corrected chi connectivity index (χ3v) is 3.66. The average Bonchev–Trinajstić information content (AvgIpc) is 2.63. The van der Waals surface area contributed by atoms with E-state index in [2.05, 4.69) is 6.92 Å². The van der Waals surface area contributed by atoms with Crippen molar-refractivity contribution in [3.8, 4) is 0 Å². The minimum absolute atomic E-state index is 0.252. The molecule has 2 fully saturated rings. The molecule has 1 heteroatoms. The third-order valence-electron chi connectivity index (χ3n) is 3.66. The third kappa shape index (κ3) is 1.10. The molecule has 2 aliphatic rings. The number of hydrogen-bond donors (Lipinski definition) is 1. The molecule has 0 aromatic rings. The normalized spacial score (nSPS) is 31.1. The van der Waals surface area contributed by atoms with Gasteiger partial charge in [-0.1, -0.05) is 13.3 Å². The van der Waals surface area contributed by atoms with Crippen LogP contribution in [0.2, 0.25) is 0 Å². The maximum Gasteiger partial charge on any atom is 0.0701 e. The first-order valence-corrected chi connectivity index (χ1v) is 4.99. The minimum atomic E-state index is -0.252. The number of hydrogen-bond acceptors (Lipinski definition) is 1. The summed E-state index contributed by atoms with van der Waals surface area (Å²) in [6, 6.07) is 0. The molecular weight excluding hydrogens is 136 g/mol. The maximum atomic E-state index is 10.3. The molecule has 1 N–H and O–H groups in total. The zero-order chi connectivity index (χ0) is 7.90. The summed E-state index contributed by atoms with van der Waals surface area (Å²) in [5.74, 6) is 1.32. The van der Waals surface area contributed by atoms with E-state index in [9.17, 15) is 5.11 Å². The van der Waals surface area contributed by atoms with Crippen molar-refractivity contribution in [2.75, 3.05) is 0 Å². The molecule has 0 aromatic heterocycles. The fourth-order valence-corrected chi connectivity index (χ4v) is 2.40. The van der Waals surface area contributed by atoms with E-state index >= 15 is 0 Å². The van der Waals surface area contributed by atoms with Gasteiger partial charge in [0.2, 0.25) is 0 Å². The van der Waals surface area contributed by atoms with Gasteiger partial charge in [-0.25, -0.2) is 0 Å². The van der Waals surface area contributed by atoms with Gasteiger partial charge in [-0.2, -0.15) is 0 Å². The van der Waals surface area contributed by atoms with Crippen LogP contribution in [0.15, 0.2) is 0 Å². The molecule has 1 nitrogen and oxygen atoms in total. The first-order valence-electron chi connectivity index (χ1n) is 4.99. The van der Waals surface area contributed by atoms with Crippen molar-refractivity contribution in [2.45, 2.75) is 51.0 Å². The van der Waals surface area contributed by atoms with Crippen LogP contribution in [0, 0.1) is 11.8 Å². The average molecular weight is 154 g/mol. The fraction of sp³-hybridized carbons (Fsp3) is 1.00. The standard InChI is InChI=1S/C10H18O/c1-2-10(11,9-6-7-9)8-4-3-5-8/h8-9,11H,2-7H2,1H3. The second kappa shape index (κ2) is 2.48. The summed E-state index contributed by atoms with van der Waals surface area (Å²) in [5.41, 5.74) is -0.252. The van der Waals surface area contributed by atoms with Gasteiger partial charge in [-0.05, 0) is 43.9 Å². The highest BCUT2D eigenvalue weighted by atomic mass is 16.3. The van der Waals surface area contributed by atoms with Gasteiger partial charge in [0.05, 0.1) is 5.60 Å². The summed E-state index contributed by atoms with van der Waals surface area (Å²) < 4.78 is 0. The van der Waals surface area contributed by atoms with E-state index in [-0.39, 0.29) is 5.60 Å². The van der Waals surface area contributed by atoms with Gasteiger partial charge < -0.3 is 5.11 Å². The summed E-state index contributed by atoms with van der Waals surface area (Å²) >= 11 is 0. The van der Waals surface area contributed by atoms with Crippen LogP contribution < -0.4 is 0 Å². The molecule has 0 spiro atoms. The van der Waals surface area contributed by atoms with Crippen molar-refractivity contribution < 1.29 is 5.11 Å². The Bertz CT molecular complexity index is 147. The molecule has 0 aliphatic heterocycles. The predicted octanol–water partition coefficient (Wildman–Crippen LogP) is 2.34. The SMILES string of the molecule is CCC(O)(C1CCC1)C1CC1. The first-order chi connectivity index (χ1) is 5.27. The number of aliphatic hydroxyl groups is 1. The van der Waals surface area contributed by atoms with Crippen LogP contribution in [-0.2, 0) is 0 Å².